The standard InChI is InChI=1S/C30H23FN2S/c1-19-17-21(31)15-16-22(19)30-29(23-11-5-6-12-24(23)33-30)28-18-26(20-9-3-2-4-10-20)32-25-13-7-8-14-27(25)34-28/h2-18,28,32-33H,1H3. The number of anilines is 1. The molecule has 0 fully saturated rings. The zero-order valence-electron chi connectivity index (χ0n) is 18.7. The van der Waals surface area contributed by atoms with Crippen molar-refractivity contribution in [3.63, 3.8) is 0 Å². The van der Waals surface area contributed by atoms with E-state index in [1.165, 1.54) is 15.8 Å². The summed E-state index contributed by atoms with van der Waals surface area (Å²) in [5.41, 5.74) is 8.59. The van der Waals surface area contributed by atoms with Crippen LogP contribution in [0.15, 0.2) is 108 Å². The van der Waals surface area contributed by atoms with Gasteiger partial charge in [-0.1, -0.05) is 60.7 Å². The van der Waals surface area contributed by atoms with E-state index in [1.54, 1.807) is 12.1 Å². The fourth-order valence-electron chi connectivity index (χ4n) is 4.69. The van der Waals surface area contributed by atoms with Gasteiger partial charge in [-0.25, -0.2) is 4.39 Å². The zero-order chi connectivity index (χ0) is 23.1. The Balaban J connectivity index is 1.61. The molecule has 0 bridgehead atoms. The lowest BCUT2D eigenvalue weighted by Gasteiger charge is -2.16. The van der Waals surface area contributed by atoms with Gasteiger partial charge in [0.15, 0.2) is 0 Å². The number of aromatic nitrogens is 1. The van der Waals surface area contributed by atoms with Gasteiger partial charge in [0.1, 0.15) is 5.82 Å². The second-order valence-electron chi connectivity index (χ2n) is 8.52. The van der Waals surface area contributed by atoms with Crippen molar-refractivity contribution in [2.24, 2.45) is 0 Å². The number of para-hydroxylation sites is 2. The third kappa shape index (κ3) is 3.70. The highest BCUT2D eigenvalue weighted by Gasteiger charge is 2.26. The minimum absolute atomic E-state index is 0.0435. The number of rotatable bonds is 3. The smallest absolute Gasteiger partial charge is 0.123 e. The molecule has 1 unspecified atom stereocenters. The van der Waals surface area contributed by atoms with Crippen molar-refractivity contribution in [1.82, 2.24) is 4.98 Å². The molecule has 0 amide bonds. The van der Waals surface area contributed by atoms with Crippen molar-refractivity contribution in [2.45, 2.75) is 17.1 Å². The number of fused-ring (bicyclic) bond motifs is 2. The number of nitrogens with one attached hydrogen (secondary N) is 2. The molecule has 0 saturated heterocycles. The van der Waals surface area contributed by atoms with Gasteiger partial charge in [-0.3, -0.25) is 0 Å². The van der Waals surface area contributed by atoms with Crippen LogP contribution in [-0.4, -0.2) is 4.98 Å². The van der Waals surface area contributed by atoms with E-state index in [9.17, 15) is 4.39 Å². The Morgan fingerprint density at radius 1 is 0.824 bits per heavy atom. The van der Waals surface area contributed by atoms with Crippen molar-refractivity contribution < 1.29 is 4.39 Å². The van der Waals surface area contributed by atoms with Crippen LogP contribution in [0.2, 0.25) is 0 Å². The van der Waals surface area contributed by atoms with Crippen LogP contribution in [0.1, 0.15) is 21.9 Å². The second-order valence-corrected chi connectivity index (χ2v) is 9.71. The van der Waals surface area contributed by atoms with E-state index >= 15 is 0 Å². The molecule has 6 rings (SSSR count). The number of hydrogen-bond acceptors (Lipinski definition) is 2. The molecule has 2 N–H and O–H groups in total. The molecule has 0 aliphatic carbocycles. The average Bonchev–Trinajstić information content (AvgIpc) is 3.12. The quantitative estimate of drug-likeness (QED) is 0.281. The summed E-state index contributed by atoms with van der Waals surface area (Å²) in [5.74, 6) is -0.216. The molecule has 4 aromatic carbocycles. The van der Waals surface area contributed by atoms with Crippen molar-refractivity contribution in [3.05, 3.63) is 126 Å². The molecule has 1 atom stereocenters. The molecule has 34 heavy (non-hydrogen) atoms. The van der Waals surface area contributed by atoms with E-state index in [4.69, 9.17) is 0 Å². The minimum Gasteiger partial charge on any atom is -0.354 e. The number of benzene rings is 4. The fraction of sp³-hybridized carbons (Fsp3) is 0.0667. The molecule has 2 nitrogen and oxygen atoms in total. The molecule has 1 aliphatic rings. The third-order valence-corrected chi connectivity index (χ3v) is 7.54. The Kier molecular flexibility index (Phi) is 5.23. The van der Waals surface area contributed by atoms with E-state index in [2.05, 4.69) is 83.1 Å². The van der Waals surface area contributed by atoms with E-state index in [0.29, 0.717) is 0 Å². The number of aromatic amines is 1. The van der Waals surface area contributed by atoms with E-state index in [0.717, 1.165) is 39.3 Å². The maximum absolute atomic E-state index is 13.9. The Bertz CT molecular complexity index is 1530. The van der Waals surface area contributed by atoms with Crippen molar-refractivity contribution in [1.29, 1.82) is 0 Å². The molecular weight excluding hydrogens is 439 g/mol. The first-order valence-corrected chi connectivity index (χ1v) is 12.2. The van der Waals surface area contributed by atoms with Crippen LogP contribution in [0, 0.1) is 12.7 Å². The summed E-state index contributed by atoms with van der Waals surface area (Å²) in [4.78, 5) is 4.85. The number of aryl methyl sites for hydroxylation is 1. The lowest BCUT2D eigenvalue weighted by Crippen LogP contribution is -1.99. The van der Waals surface area contributed by atoms with E-state index in [1.807, 2.05) is 36.9 Å². The van der Waals surface area contributed by atoms with E-state index in [-0.39, 0.29) is 11.1 Å². The zero-order valence-corrected chi connectivity index (χ0v) is 19.5. The monoisotopic (exact) mass is 462 g/mol. The Morgan fingerprint density at radius 2 is 1.59 bits per heavy atom. The average molecular weight is 463 g/mol. The number of thioether (sulfide) groups is 1. The van der Waals surface area contributed by atoms with Gasteiger partial charge in [-0.2, -0.15) is 0 Å². The SMILES string of the molecule is Cc1cc(F)ccc1-c1[nH]c2ccccc2c1C1C=C(c2ccccc2)Nc2ccccc2S1. The molecule has 166 valence electrons. The van der Waals surface area contributed by atoms with Gasteiger partial charge in [-0.05, 0) is 60.5 Å². The van der Waals surface area contributed by atoms with Crippen molar-refractivity contribution >= 4 is 34.0 Å². The highest BCUT2D eigenvalue weighted by atomic mass is 32.2. The molecule has 1 aromatic heterocycles. The number of hydrogen-bond donors (Lipinski definition) is 2. The van der Waals surface area contributed by atoms with E-state index < -0.39 is 0 Å². The van der Waals surface area contributed by atoms with Gasteiger partial charge < -0.3 is 10.3 Å². The summed E-state index contributed by atoms with van der Waals surface area (Å²) in [6.07, 6.45) is 2.32. The van der Waals surface area contributed by atoms with Crippen molar-refractivity contribution in [2.75, 3.05) is 5.32 Å². The van der Waals surface area contributed by atoms with Crippen molar-refractivity contribution in [3.8, 4) is 11.3 Å². The first kappa shape index (κ1) is 20.8. The van der Waals surface area contributed by atoms with Gasteiger partial charge >= 0.3 is 0 Å². The largest absolute Gasteiger partial charge is 0.354 e. The summed E-state index contributed by atoms with van der Waals surface area (Å²) >= 11 is 1.83. The number of halogens is 1. The third-order valence-electron chi connectivity index (χ3n) is 6.30. The van der Waals surface area contributed by atoms with Crippen LogP contribution >= 0.6 is 11.8 Å². The minimum atomic E-state index is -0.216. The molecule has 2 heterocycles. The van der Waals surface area contributed by atoms with Gasteiger partial charge in [-0.15, -0.1) is 11.8 Å². The van der Waals surface area contributed by atoms with Gasteiger partial charge in [0, 0.05) is 32.6 Å². The Hall–Kier alpha value is -3.76. The summed E-state index contributed by atoms with van der Waals surface area (Å²) in [6.45, 7) is 1.97. The van der Waals surface area contributed by atoms with Crippen LogP contribution in [0.3, 0.4) is 0 Å². The Morgan fingerprint density at radius 3 is 2.44 bits per heavy atom. The summed E-state index contributed by atoms with van der Waals surface area (Å²) in [7, 11) is 0. The fourth-order valence-corrected chi connectivity index (χ4v) is 5.93. The van der Waals surface area contributed by atoms with Crippen LogP contribution in [0.5, 0.6) is 0 Å². The predicted molar refractivity (Wildman–Crippen MR) is 142 cm³/mol. The molecular formula is C30H23FN2S. The summed E-state index contributed by atoms with van der Waals surface area (Å²) in [6, 6.07) is 32.3. The highest BCUT2D eigenvalue weighted by molar-refractivity contribution is 8.00. The second kappa shape index (κ2) is 8.54. The summed E-state index contributed by atoms with van der Waals surface area (Å²) in [5, 5.41) is 4.90. The number of H-pyrrole nitrogens is 1. The van der Waals surface area contributed by atoms with Crippen LogP contribution in [-0.2, 0) is 0 Å². The molecule has 0 saturated carbocycles. The maximum Gasteiger partial charge on any atom is 0.123 e. The summed E-state index contributed by atoms with van der Waals surface area (Å²) < 4.78 is 13.9. The van der Waals surface area contributed by atoms with Gasteiger partial charge in [0.05, 0.1) is 16.6 Å². The molecule has 4 heteroatoms. The lowest BCUT2D eigenvalue weighted by atomic mass is 9.98. The predicted octanol–water partition coefficient (Wildman–Crippen LogP) is 8.58. The molecule has 0 radical (unpaired) electrons. The Labute approximate surface area is 202 Å². The molecule has 5 aromatic rings. The first-order chi connectivity index (χ1) is 16.7. The van der Waals surface area contributed by atoms with Crippen LogP contribution < -0.4 is 5.32 Å². The maximum atomic E-state index is 13.9. The van der Waals surface area contributed by atoms with Gasteiger partial charge in [0.2, 0.25) is 0 Å². The van der Waals surface area contributed by atoms with Gasteiger partial charge in [0.25, 0.3) is 0 Å². The van der Waals surface area contributed by atoms with Crippen LogP contribution in [0.4, 0.5) is 10.1 Å². The topological polar surface area (TPSA) is 27.8 Å². The molecule has 0 spiro atoms. The first-order valence-electron chi connectivity index (χ1n) is 11.3. The highest BCUT2D eigenvalue weighted by Crippen LogP contribution is 2.49. The lowest BCUT2D eigenvalue weighted by molar-refractivity contribution is 0.627. The normalized spacial score (nSPS) is 15.4. The van der Waals surface area contributed by atoms with Crippen LogP contribution in [0.25, 0.3) is 27.9 Å². The molecule has 1 aliphatic heterocycles.